The number of nitrogen functional groups attached to an aromatic ring is 1. The van der Waals surface area contributed by atoms with E-state index in [4.69, 9.17) is 22.4 Å². The number of nitrogens with one attached hydrogen (secondary N) is 1. The van der Waals surface area contributed by atoms with Crippen LogP contribution in [0.3, 0.4) is 0 Å². The minimum atomic E-state index is -0.249. The van der Waals surface area contributed by atoms with Crippen LogP contribution in [0.4, 0.5) is 5.69 Å². The van der Waals surface area contributed by atoms with Gasteiger partial charge in [0.25, 0.3) is 5.91 Å². The molecule has 1 aromatic carbocycles. The molecule has 100 valence electrons. The van der Waals surface area contributed by atoms with Gasteiger partial charge >= 0.3 is 0 Å². The van der Waals surface area contributed by atoms with E-state index in [0.717, 1.165) is 0 Å². The number of hydrogen-bond acceptors (Lipinski definition) is 3. The van der Waals surface area contributed by atoms with E-state index >= 15 is 0 Å². The molecule has 0 atom stereocenters. The van der Waals surface area contributed by atoms with Crippen LogP contribution in [0.25, 0.3) is 0 Å². The Labute approximate surface area is 112 Å². The van der Waals surface area contributed by atoms with Crippen molar-refractivity contribution < 1.29 is 9.90 Å². The Morgan fingerprint density at radius 3 is 2.78 bits per heavy atom. The van der Waals surface area contributed by atoms with E-state index in [2.05, 4.69) is 5.32 Å². The van der Waals surface area contributed by atoms with Crippen LogP contribution in [0.1, 0.15) is 30.6 Å². The van der Waals surface area contributed by atoms with Crippen molar-refractivity contribution >= 4 is 23.2 Å². The molecule has 0 aliphatic heterocycles. The van der Waals surface area contributed by atoms with E-state index in [9.17, 15) is 4.79 Å². The predicted octanol–water partition coefficient (Wildman–Crippen LogP) is 2.06. The highest BCUT2D eigenvalue weighted by atomic mass is 35.5. The lowest BCUT2D eigenvalue weighted by molar-refractivity contribution is 0.0929. The van der Waals surface area contributed by atoms with Gasteiger partial charge in [-0.25, -0.2) is 0 Å². The molecule has 0 saturated heterocycles. The third kappa shape index (κ3) is 3.89. The molecule has 1 amide bonds. The second kappa shape index (κ2) is 6.07. The fourth-order valence-corrected chi connectivity index (χ4v) is 1.72. The summed E-state index contributed by atoms with van der Waals surface area (Å²) in [6.07, 6.45) is 0.623. The predicted molar refractivity (Wildman–Crippen MR) is 73.7 cm³/mol. The van der Waals surface area contributed by atoms with Gasteiger partial charge in [0, 0.05) is 13.2 Å². The van der Waals surface area contributed by atoms with E-state index in [-0.39, 0.29) is 23.6 Å². The van der Waals surface area contributed by atoms with Crippen LogP contribution in [0.15, 0.2) is 18.2 Å². The number of carbonyl (C=O) groups excluding carboxylic acids is 1. The minimum absolute atomic E-state index is 0.0994. The van der Waals surface area contributed by atoms with Crippen molar-refractivity contribution in [2.45, 2.75) is 20.3 Å². The van der Waals surface area contributed by atoms with Crippen molar-refractivity contribution in [3.05, 3.63) is 28.8 Å². The van der Waals surface area contributed by atoms with Gasteiger partial charge in [-0.3, -0.25) is 4.79 Å². The third-order valence-corrected chi connectivity index (χ3v) is 3.14. The van der Waals surface area contributed by atoms with E-state index in [1.807, 2.05) is 13.8 Å². The molecule has 0 heterocycles. The molecule has 0 fully saturated rings. The summed E-state index contributed by atoms with van der Waals surface area (Å²) >= 11 is 5.86. The number of amides is 1. The molecule has 0 aliphatic carbocycles. The maximum absolute atomic E-state index is 12.0. The summed E-state index contributed by atoms with van der Waals surface area (Å²) < 4.78 is 0. The van der Waals surface area contributed by atoms with E-state index < -0.39 is 0 Å². The molecule has 0 bridgehead atoms. The molecule has 0 radical (unpaired) electrons. The summed E-state index contributed by atoms with van der Waals surface area (Å²) in [7, 11) is 0. The summed E-state index contributed by atoms with van der Waals surface area (Å²) in [6.45, 7) is 4.52. The summed E-state index contributed by atoms with van der Waals surface area (Å²) in [4.78, 5) is 12.0. The number of benzene rings is 1. The largest absolute Gasteiger partial charge is 0.397 e. The average molecular weight is 271 g/mol. The normalized spacial score (nSPS) is 11.3. The summed E-state index contributed by atoms with van der Waals surface area (Å²) in [5.74, 6) is -0.249. The molecule has 1 rings (SSSR count). The van der Waals surface area contributed by atoms with Gasteiger partial charge in [-0.05, 0) is 24.0 Å². The number of aliphatic hydroxyl groups is 1. The van der Waals surface area contributed by atoms with Crippen LogP contribution in [0.5, 0.6) is 0 Å². The first-order valence-corrected chi connectivity index (χ1v) is 6.18. The van der Waals surface area contributed by atoms with Gasteiger partial charge in [-0.15, -0.1) is 0 Å². The molecule has 5 heteroatoms. The van der Waals surface area contributed by atoms with Crippen LogP contribution in [-0.4, -0.2) is 24.2 Å². The maximum Gasteiger partial charge on any atom is 0.253 e. The number of para-hydroxylation sites is 1. The highest BCUT2D eigenvalue weighted by Crippen LogP contribution is 2.23. The topological polar surface area (TPSA) is 75.3 Å². The number of rotatable bonds is 5. The van der Waals surface area contributed by atoms with Crippen molar-refractivity contribution in [2.75, 3.05) is 18.9 Å². The average Bonchev–Trinajstić information content (AvgIpc) is 2.30. The van der Waals surface area contributed by atoms with E-state index in [1.165, 1.54) is 0 Å². The van der Waals surface area contributed by atoms with Crippen molar-refractivity contribution in [3.63, 3.8) is 0 Å². The second-order valence-electron chi connectivity index (χ2n) is 5.02. The Morgan fingerprint density at radius 1 is 1.50 bits per heavy atom. The molecule has 0 unspecified atom stereocenters. The van der Waals surface area contributed by atoms with Gasteiger partial charge in [0.2, 0.25) is 0 Å². The van der Waals surface area contributed by atoms with E-state index in [0.29, 0.717) is 23.6 Å². The SMILES string of the molecule is CC(C)(CCO)CNC(=O)c1cccc(Cl)c1N. The fraction of sp³-hybridized carbons (Fsp3) is 0.462. The van der Waals surface area contributed by atoms with Crippen molar-refractivity contribution in [2.24, 2.45) is 5.41 Å². The molecular weight excluding hydrogens is 252 g/mol. The first kappa shape index (κ1) is 14.8. The summed E-state index contributed by atoms with van der Waals surface area (Å²) in [5, 5.41) is 12.1. The lowest BCUT2D eigenvalue weighted by Crippen LogP contribution is -2.34. The lowest BCUT2D eigenvalue weighted by atomic mass is 9.89. The molecule has 0 saturated carbocycles. The van der Waals surface area contributed by atoms with E-state index in [1.54, 1.807) is 18.2 Å². The van der Waals surface area contributed by atoms with Crippen LogP contribution >= 0.6 is 11.6 Å². The molecule has 4 nitrogen and oxygen atoms in total. The first-order chi connectivity index (χ1) is 8.37. The van der Waals surface area contributed by atoms with Crippen molar-refractivity contribution in [1.82, 2.24) is 5.32 Å². The van der Waals surface area contributed by atoms with Gasteiger partial charge in [0.15, 0.2) is 0 Å². The number of carbonyl (C=O) groups is 1. The molecule has 0 spiro atoms. The Kier molecular flexibility index (Phi) is 4.99. The first-order valence-electron chi connectivity index (χ1n) is 5.80. The molecular formula is C13H19ClN2O2. The lowest BCUT2D eigenvalue weighted by Gasteiger charge is -2.24. The zero-order valence-electron chi connectivity index (χ0n) is 10.7. The van der Waals surface area contributed by atoms with Crippen LogP contribution in [0.2, 0.25) is 5.02 Å². The molecule has 1 aromatic rings. The number of anilines is 1. The Balaban J connectivity index is 2.69. The smallest absolute Gasteiger partial charge is 0.253 e. The second-order valence-corrected chi connectivity index (χ2v) is 5.43. The van der Waals surface area contributed by atoms with Gasteiger partial charge < -0.3 is 16.2 Å². The highest BCUT2D eigenvalue weighted by Gasteiger charge is 2.19. The summed E-state index contributed by atoms with van der Waals surface area (Å²) in [6, 6.07) is 4.96. The maximum atomic E-state index is 12.0. The molecule has 18 heavy (non-hydrogen) atoms. The fourth-order valence-electron chi connectivity index (χ4n) is 1.54. The van der Waals surface area contributed by atoms with Gasteiger partial charge in [0.1, 0.15) is 0 Å². The number of aliphatic hydroxyl groups excluding tert-OH is 1. The quantitative estimate of drug-likeness (QED) is 0.717. The van der Waals surface area contributed by atoms with Gasteiger partial charge in [-0.2, -0.15) is 0 Å². The van der Waals surface area contributed by atoms with Crippen molar-refractivity contribution in [1.29, 1.82) is 0 Å². The Hall–Kier alpha value is -1.26. The number of halogens is 1. The number of nitrogens with two attached hydrogens (primary N) is 1. The van der Waals surface area contributed by atoms with Crippen LogP contribution in [-0.2, 0) is 0 Å². The minimum Gasteiger partial charge on any atom is -0.397 e. The number of hydrogen-bond donors (Lipinski definition) is 3. The zero-order valence-corrected chi connectivity index (χ0v) is 11.4. The van der Waals surface area contributed by atoms with Crippen LogP contribution < -0.4 is 11.1 Å². The molecule has 0 aromatic heterocycles. The molecule has 4 N–H and O–H groups in total. The zero-order chi connectivity index (χ0) is 13.8. The molecule has 0 aliphatic rings. The third-order valence-electron chi connectivity index (χ3n) is 2.81. The Morgan fingerprint density at radius 2 is 2.17 bits per heavy atom. The summed E-state index contributed by atoms with van der Waals surface area (Å²) in [5.41, 5.74) is 6.26. The van der Waals surface area contributed by atoms with Crippen LogP contribution in [0, 0.1) is 5.41 Å². The van der Waals surface area contributed by atoms with Gasteiger partial charge in [-0.1, -0.05) is 31.5 Å². The van der Waals surface area contributed by atoms with Gasteiger partial charge in [0.05, 0.1) is 16.3 Å². The highest BCUT2D eigenvalue weighted by molar-refractivity contribution is 6.33. The monoisotopic (exact) mass is 270 g/mol. The standard InChI is InChI=1S/C13H19ClN2O2/c1-13(2,6-7-17)8-16-12(18)9-4-3-5-10(14)11(9)15/h3-5,17H,6-8,15H2,1-2H3,(H,16,18). The van der Waals surface area contributed by atoms with Crippen molar-refractivity contribution in [3.8, 4) is 0 Å². The Bertz CT molecular complexity index is 433.